The van der Waals surface area contributed by atoms with E-state index in [1.807, 2.05) is 0 Å². The van der Waals surface area contributed by atoms with Gasteiger partial charge in [-0.15, -0.1) is 12.4 Å². The van der Waals surface area contributed by atoms with Gasteiger partial charge in [-0.1, -0.05) is 23.2 Å². The van der Waals surface area contributed by atoms with Crippen LogP contribution in [0.3, 0.4) is 0 Å². The molecule has 3 N–H and O–H groups in total. The van der Waals surface area contributed by atoms with E-state index < -0.39 is 6.04 Å². The number of amides is 2. The van der Waals surface area contributed by atoms with Crippen LogP contribution in [0.5, 0.6) is 0 Å². The molecule has 0 aromatic heterocycles. The third kappa shape index (κ3) is 4.83. The molecule has 1 aromatic rings. The fourth-order valence-corrected chi connectivity index (χ4v) is 3.94. The van der Waals surface area contributed by atoms with E-state index in [0.717, 1.165) is 32.1 Å². The highest BCUT2D eigenvalue weighted by molar-refractivity contribution is 6.42. The molecule has 2 fully saturated rings. The van der Waals surface area contributed by atoms with Crippen LogP contribution in [-0.2, 0) is 4.79 Å². The molecule has 26 heavy (non-hydrogen) atoms. The number of nitrogens with two attached hydrogens (primary N) is 1. The Labute approximate surface area is 170 Å². The number of carbonyl (C=O) groups is 2. The highest BCUT2D eigenvalue weighted by Crippen LogP contribution is 2.26. The zero-order chi connectivity index (χ0) is 18.0. The number of halogens is 3. The van der Waals surface area contributed by atoms with Crippen LogP contribution < -0.4 is 11.1 Å². The molecule has 1 atom stereocenters. The SMILES string of the molecule is Cl.NC1CCC(NC(=O)C2CCCN2C(=O)c2ccc(Cl)c(Cl)c2)CC1. The van der Waals surface area contributed by atoms with E-state index in [9.17, 15) is 9.59 Å². The Morgan fingerprint density at radius 2 is 1.77 bits per heavy atom. The lowest BCUT2D eigenvalue weighted by Crippen LogP contribution is -2.50. The Morgan fingerprint density at radius 1 is 1.08 bits per heavy atom. The predicted molar refractivity (Wildman–Crippen MR) is 106 cm³/mol. The topological polar surface area (TPSA) is 75.4 Å². The average Bonchev–Trinajstić information content (AvgIpc) is 3.08. The molecule has 1 unspecified atom stereocenters. The largest absolute Gasteiger partial charge is 0.352 e. The molecule has 3 rings (SSSR count). The third-order valence-corrected chi connectivity index (χ3v) is 5.84. The Bertz CT molecular complexity index is 663. The summed E-state index contributed by atoms with van der Waals surface area (Å²) in [5.41, 5.74) is 6.37. The second kappa shape index (κ2) is 9.27. The average molecular weight is 421 g/mol. The minimum atomic E-state index is -0.419. The number of carbonyl (C=O) groups excluding carboxylic acids is 2. The lowest BCUT2D eigenvalue weighted by Gasteiger charge is -2.30. The van der Waals surface area contributed by atoms with Crippen molar-refractivity contribution in [1.82, 2.24) is 10.2 Å². The first-order valence-electron chi connectivity index (χ1n) is 8.77. The van der Waals surface area contributed by atoms with E-state index in [0.29, 0.717) is 28.6 Å². The van der Waals surface area contributed by atoms with Crippen molar-refractivity contribution in [2.75, 3.05) is 6.54 Å². The van der Waals surface area contributed by atoms with Gasteiger partial charge in [0.25, 0.3) is 5.91 Å². The first-order valence-corrected chi connectivity index (χ1v) is 9.53. The second-order valence-corrected chi connectivity index (χ2v) is 7.72. The van der Waals surface area contributed by atoms with Gasteiger partial charge in [0.05, 0.1) is 10.0 Å². The van der Waals surface area contributed by atoms with Crippen LogP contribution in [-0.4, -0.2) is 41.4 Å². The zero-order valence-electron chi connectivity index (χ0n) is 14.4. The molecule has 0 spiro atoms. The van der Waals surface area contributed by atoms with Crippen molar-refractivity contribution in [3.8, 4) is 0 Å². The summed E-state index contributed by atoms with van der Waals surface area (Å²) in [5.74, 6) is -0.242. The van der Waals surface area contributed by atoms with Crippen LogP contribution in [0.4, 0.5) is 0 Å². The summed E-state index contributed by atoms with van der Waals surface area (Å²) in [6, 6.07) is 4.79. The fourth-order valence-electron chi connectivity index (χ4n) is 3.64. The van der Waals surface area contributed by atoms with E-state index >= 15 is 0 Å². The number of rotatable bonds is 3. The molecule has 144 valence electrons. The number of nitrogens with zero attached hydrogens (tertiary/aromatic N) is 1. The molecule has 2 amide bonds. The van der Waals surface area contributed by atoms with Crippen LogP contribution in [0.1, 0.15) is 48.9 Å². The van der Waals surface area contributed by atoms with E-state index in [1.54, 1.807) is 23.1 Å². The third-order valence-electron chi connectivity index (χ3n) is 5.10. The summed E-state index contributed by atoms with van der Waals surface area (Å²) in [6.45, 7) is 0.576. The molecule has 1 aliphatic carbocycles. The standard InChI is InChI=1S/C18H23Cl2N3O2.ClH/c19-14-8-3-11(10-15(14)20)18(25)23-9-1-2-16(23)17(24)22-13-6-4-12(21)5-7-13;/h3,8,10,12-13,16H,1-2,4-7,9,21H2,(H,22,24);1H. The minimum Gasteiger partial charge on any atom is -0.352 e. The van der Waals surface area contributed by atoms with E-state index in [4.69, 9.17) is 28.9 Å². The van der Waals surface area contributed by atoms with Gasteiger partial charge in [-0.05, 0) is 56.7 Å². The van der Waals surface area contributed by atoms with Crippen LogP contribution in [0.25, 0.3) is 0 Å². The molecule has 1 saturated heterocycles. The number of nitrogens with one attached hydrogen (secondary N) is 1. The maximum absolute atomic E-state index is 12.8. The van der Waals surface area contributed by atoms with Gasteiger partial charge in [-0.3, -0.25) is 9.59 Å². The maximum atomic E-state index is 12.8. The van der Waals surface area contributed by atoms with Gasteiger partial charge >= 0.3 is 0 Å². The van der Waals surface area contributed by atoms with Gasteiger partial charge in [0.2, 0.25) is 5.91 Å². The summed E-state index contributed by atoms with van der Waals surface area (Å²) in [5, 5.41) is 3.85. The van der Waals surface area contributed by atoms with Crippen molar-refractivity contribution >= 4 is 47.4 Å². The number of hydrogen-bond donors (Lipinski definition) is 2. The van der Waals surface area contributed by atoms with Crippen LogP contribution >= 0.6 is 35.6 Å². The Hall–Kier alpha value is -1.01. The molecule has 1 aliphatic heterocycles. The molecule has 1 heterocycles. The fraction of sp³-hybridized carbons (Fsp3) is 0.556. The van der Waals surface area contributed by atoms with Crippen LogP contribution in [0.15, 0.2) is 18.2 Å². The van der Waals surface area contributed by atoms with Gasteiger partial charge in [0.15, 0.2) is 0 Å². The smallest absolute Gasteiger partial charge is 0.254 e. The summed E-state index contributed by atoms with van der Waals surface area (Å²) < 4.78 is 0. The van der Waals surface area contributed by atoms with E-state index in [-0.39, 0.29) is 36.3 Å². The maximum Gasteiger partial charge on any atom is 0.254 e. The number of hydrogen-bond acceptors (Lipinski definition) is 3. The van der Waals surface area contributed by atoms with Gasteiger partial charge in [-0.25, -0.2) is 0 Å². The van der Waals surface area contributed by atoms with Gasteiger partial charge in [0, 0.05) is 24.2 Å². The monoisotopic (exact) mass is 419 g/mol. The lowest BCUT2D eigenvalue weighted by atomic mass is 9.91. The highest BCUT2D eigenvalue weighted by atomic mass is 35.5. The Balaban J connectivity index is 0.00000243. The van der Waals surface area contributed by atoms with Crippen LogP contribution in [0.2, 0.25) is 10.0 Å². The van der Waals surface area contributed by atoms with E-state index in [2.05, 4.69) is 5.32 Å². The Kier molecular flexibility index (Phi) is 7.59. The van der Waals surface area contributed by atoms with Crippen molar-refractivity contribution in [2.24, 2.45) is 5.73 Å². The molecular formula is C18H24Cl3N3O2. The van der Waals surface area contributed by atoms with Crippen molar-refractivity contribution in [3.63, 3.8) is 0 Å². The lowest BCUT2D eigenvalue weighted by molar-refractivity contribution is -0.125. The first kappa shape index (κ1) is 21.3. The molecule has 2 aliphatic rings. The molecule has 8 heteroatoms. The predicted octanol–water partition coefficient (Wildman–Crippen LogP) is 3.41. The zero-order valence-corrected chi connectivity index (χ0v) is 16.7. The molecular weight excluding hydrogens is 397 g/mol. The summed E-state index contributed by atoms with van der Waals surface area (Å²) in [4.78, 5) is 27.1. The quantitative estimate of drug-likeness (QED) is 0.787. The molecule has 5 nitrogen and oxygen atoms in total. The van der Waals surface area contributed by atoms with Crippen molar-refractivity contribution in [2.45, 2.75) is 56.7 Å². The van der Waals surface area contributed by atoms with E-state index in [1.165, 1.54) is 0 Å². The van der Waals surface area contributed by atoms with Crippen LogP contribution in [0, 0.1) is 0 Å². The van der Waals surface area contributed by atoms with Gasteiger partial charge in [-0.2, -0.15) is 0 Å². The number of benzene rings is 1. The van der Waals surface area contributed by atoms with Crippen molar-refractivity contribution in [1.29, 1.82) is 0 Å². The Morgan fingerprint density at radius 3 is 2.42 bits per heavy atom. The second-order valence-electron chi connectivity index (χ2n) is 6.91. The van der Waals surface area contributed by atoms with Gasteiger partial charge < -0.3 is 16.0 Å². The van der Waals surface area contributed by atoms with Gasteiger partial charge in [0.1, 0.15) is 6.04 Å². The summed E-state index contributed by atoms with van der Waals surface area (Å²) >= 11 is 11.9. The molecule has 0 bridgehead atoms. The first-order chi connectivity index (χ1) is 12.0. The van der Waals surface area contributed by atoms with Crippen molar-refractivity contribution in [3.05, 3.63) is 33.8 Å². The summed E-state index contributed by atoms with van der Waals surface area (Å²) in [7, 11) is 0. The highest BCUT2D eigenvalue weighted by Gasteiger charge is 2.35. The molecule has 0 radical (unpaired) electrons. The normalized spacial score (nSPS) is 25.5. The molecule has 1 aromatic carbocycles. The molecule has 1 saturated carbocycles. The number of likely N-dealkylation sites (tertiary alicyclic amines) is 1. The van der Waals surface area contributed by atoms with Crippen molar-refractivity contribution < 1.29 is 9.59 Å². The minimum absolute atomic E-state index is 0. The summed E-state index contributed by atoms with van der Waals surface area (Å²) in [6.07, 6.45) is 5.18.